The second-order valence-electron chi connectivity index (χ2n) is 5.82. The summed E-state index contributed by atoms with van der Waals surface area (Å²) >= 11 is 0. The van der Waals surface area contributed by atoms with E-state index < -0.39 is 16.8 Å². The fourth-order valence-electron chi connectivity index (χ4n) is 3.11. The molecule has 3 N–H and O–H groups in total. The summed E-state index contributed by atoms with van der Waals surface area (Å²) in [7, 11) is 1.77. The van der Waals surface area contributed by atoms with E-state index in [2.05, 4.69) is 0 Å². The Kier molecular flexibility index (Phi) is 4.70. The van der Waals surface area contributed by atoms with E-state index in [0.717, 1.165) is 22.2 Å². The van der Waals surface area contributed by atoms with Crippen LogP contribution in [0.1, 0.15) is 23.2 Å². The lowest BCUT2D eigenvalue weighted by atomic mass is 9.93. The van der Waals surface area contributed by atoms with E-state index in [1.54, 1.807) is 17.7 Å². The fourth-order valence-corrected chi connectivity index (χ4v) is 3.11. The number of non-ortho nitro benzene ring substituents is 1. The molecule has 0 saturated heterocycles. The molecule has 0 aliphatic heterocycles. The molecule has 0 radical (unpaired) electrons. The summed E-state index contributed by atoms with van der Waals surface area (Å²) in [4.78, 5) is 22.3. The molecule has 0 fully saturated rings. The number of aromatic nitrogens is 1. The van der Waals surface area contributed by atoms with Crippen LogP contribution >= 0.6 is 0 Å². The molecule has 7 nitrogen and oxygen atoms in total. The highest BCUT2D eigenvalue weighted by molar-refractivity contribution is 5.95. The molecule has 1 unspecified atom stereocenters. The number of fused-ring (bicyclic) bond motifs is 1. The minimum atomic E-state index is -0.894. The lowest BCUT2D eigenvalue weighted by Crippen LogP contribution is -2.20. The topological polar surface area (TPSA) is 111 Å². The summed E-state index contributed by atoms with van der Waals surface area (Å²) in [6.07, 6.45) is 0.691. The van der Waals surface area contributed by atoms with Gasteiger partial charge in [0.25, 0.3) is 5.69 Å². The number of hydrogen-bond acceptors (Lipinski definition) is 4. The number of rotatable bonds is 6. The van der Waals surface area contributed by atoms with Crippen molar-refractivity contribution in [2.24, 2.45) is 18.7 Å². The van der Waals surface area contributed by atoms with Gasteiger partial charge in [-0.05, 0) is 44.4 Å². The Balaban J connectivity index is 2.70. The molecule has 2 aromatic rings. The lowest BCUT2D eigenvalue weighted by molar-refractivity contribution is -0.383. The first-order chi connectivity index (χ1) is 10.8. The Hall–Kier alpha value is -2.41. The van der Waals surface area contributed by atoms with E-state index in [9.17, 15) is 20.0 Å². The molecular weight excluding hydrogens is 298 g/mol. The highest BCUT2D eigenvalue weighted by Crippen LogP contribution is 2.35. The zero-order valence-corrected chi connectivity index (χ0v) is 13.5. The van der Waals surface area contributed by atoms with Crippen LogP contribution in [-0.2, 0) is 18.3 Å². The van der Waals surface area contributed by atoms with E-state index >= 15 is 0 Å². The van der Waals surface area contributed by atoms with Gasteiger partial charge in [-0.25, -0.2) is 0 Å². The smallest absolute Gasteiger partial charge is 0.306 e. The van der Waals surface area contributed by atoms with Crippen LogP contribution < -0.4 is 5.73 Å². The summed E-state index contributed by atoms with van der Waals surface area (Å²) in [5, 5.41) is 21.5. The predicted octanol–water partition coefficient (Wildman–Crippen LogP) is 2.30. The fraction of sp³-hybridized carbons (Fsp3) is 0.438. The van der Waals surface area contributed by atoms with Crippen molar-refractivity contribution in [1.82, 2.24) is 4.57 Å². The van der Waals surface area contributed by atoms with Gasteiger partial charge in [0.1, 0.15) is 5.52 Å². The number of hydrogen-bond donors (Lipinski definition) is 2. The second kappa shape index (κ2) is 6.37. The Morgan fingerprint density at radius 1 is 1.43 bits per heavy atom. The van der Waals surface area contributed by atoms with Crippen molar-refractivity contribution in [3.63, 3.8) is 0 Å². The van der Waals surface area contributed by atoms with Crippen LogP contribution in [0.5, 0.6) is 0 Å². The predicted molar refractivity (Wildman–Crippen MR) is 87.5 cm³/mol. The van der Waals surface area contributed by atoms with Crippen molar-refractivity contribution in [3.8, 4) is 0 Å². The lowest BCUT2D eigenvalue weighted by Gasteiger charge is -2.12. The van der Waals surface area contributed by atoms with Crippen LogP contribution in [-0.4, -0.2) is 27.1 Å². The van der Waals surface area contributed by atoms with E-state index in [4.69, 9.17) is 5.73 Å². The Morgan fingerprint density at radius 2 is 2.09 bits per heavy atom. The molecule has 0 spiro atoms. The molecule has 124 valence electrons. The van der Waals surface area contributed by atoms with E-state index in [-0.39, 0.29) is 5.69 Å². The molecule has 1 aromatic heterocycles. The molecule has 23 heavy (non-hydrogen) atoms. The van der Waals surface area contributed by atoms with Gasteiger partial charge in [-0.2, -0.15) is 0 Å². The molecule has 2 rings (SSSR count). The van der Waals surface area contributed by atoms with Crippen LogP contribution in [0.2, 0.25) is 0 Å². The van der Waals surface area contributed by atoms with Gasteiger partial charge in [-0.1, -0.05) is 6.07 Å². The quantitative estimate of drug-likeness (QED) is 0.627. The third kappa shape index (κ3) is 2.92. The van der Waals surface area contributed by atoms with Crippen molar-refractivity contribution in [3.05, 3.63) is 39.1 Å². The van der Waals surface area contributed by atoms with Crippen LogP contribution in [0.15, 0.2) is 12.1 Å². The molecule has 0 bridgehead atoms. The SMILES string of the molecule is Cc1ccc([N+](=O)[O-])c2c1c(CC(CCN)C(=O)O)c(C)n2C. The number of nitro benzene ring substituents is 1. The number of nitro groups is 1. The summed E-state index contributed by atoms with van der Waals surface area (Å²) in [5.41, 5.74) is 8.69. The van der Waals surface area contributed by atoms with E-state index in [0.29, 0.717) is 24.9 Å². The average molecular weight is 319 g/mol. The zero-order chi connectivity index (χ0) is 17.3. The largest absolute Gasteiger partial charge is 0.481 e. The van der Waals surface area contributed by atoms with Gasteiger partial charge >= 0.3 is 5.97 Å². The Bertz CT molecular complexity index is 779. The summed E-state index contributed by atoms with van der Waals surface area (Å²) in [6, 6.07) is 3.21. The molecule has 1 heterocycles. The van der Waals surface area contributed by atoms with Crippen LogP contribution in [0.4, 0.5) is 5.69 Å². The van der Waals surface area contributed by atoms with Crippen LogP contribution in [0.25, 0.3) is 10.9 Å². The standard InChI is InChI=1S/C16H21N3O4/c1-9-4-5-13(19(22)23)15-14(9)12(10(2)18(15)3)8-11(6-7-17)16(20)21/h4-5,11H,6-8,17H2,1-3H3,(H,20,21). The summed E-state index contributed by atoms with van der Waals surface area (Å²) in [6.45, 7) is 4.04. The van der Waals surface area contributed by atoms with Crippen LogP contribution in [0, 0.1) is 29.9 Å². The molecule has 0 aliphatic rings. The number of aliphatic carboxylic acids is 1. The Morgan fingerprint density at radius 3 is 2.61 bits per heavy atom. The van der Waals surface area contributed by atoms with Gasteiger partial charge < -0.3 is 15.4 Å². The maximum atomic E-state index is 11.4. The number of carboxylic acids is 1. The van der Waals surface area contributed by atoms with Crippen molar-refractivity contribution in [2.45, 2.75) is 26.7 Å². The van der Waals surface area contributed by atoms with E-state index in [1.807, 2.05) is 13.8 Å². The molecular formula is C16H21N3O4. The van der Waals surface area contributed by atoms with Crippen molar-refractivity contribution >= 4 is 22.6 Å². The minimum Gasteiger partial charge on any atom is -0.481 e. The maximum Gasteiger partial charge on any atom is 0.306 e. The number of nitrogens with zero attached hydrogens (tertiary/aromatic N) is 2. The normalized spacial score (nSPS) is 12.5. The number of carbonyl (C=O) groups is 1. The van der Waals surface area contributed by atoms with Gasteiger partial charge in [0, 0.05) is 24.2 Å². The van der Waals surface area contributed by atoms with Gasteiger partial charge in [0.05, 0.1) is 10.8 Å². The van der Waals surface area contributed by atoms with Gasteiger partial charge in [0.2, 0.25) is 0 Å². The molecule has 7 heteroatoms. The molecule has 0 aliphatic carbocycles. The Labute approximate surface area is 133 Å². The number of benzene rings is 1. The molecule has 1 atom stereocenters. The van der Waals surface area contributed by atoms with Crippen LogP contribution in [0.3, 0.4) is 0 Å². The first kappa shape index (κ1) is 17.0. The van der Waals surface area contributed by atoms with Gasteiger partial charge in [-0.3, -0.25) is 14.9 Å². The second-order valence-corrected chi connectivity index (χ2v) is 5.82. The third-order valence-corrected chi connectivity index (χ3v) is 4.45. The highest BCUT2D eigenvalue weighted by atomic mass is 16.6. The number of aryl methyl sites for hydroxylation is 2. The first-order valence-electron chi connectivity index (χ1n) is 7.44. The number of carboxylic acid groups (broad SMARTS) is 1. The third-order valence-electron chi connectivity index (χ3n) is 4.45. The van der Waals surface area contributed by atoms with Gasteiger partial charge in [-0.15, -0.1) is 0 Å². The van der Waals surface area contributed by atoms with Crippen molar-refractivity contribution < 1.29 is 14.8 Å². The summed E-state index contributed by atoms with van der Waals surface area (Å²) < 4.78 is 1.77. The number of nitrogens with two attached hydrogens (primary N) is 1. The zero-order valence-electron chi connectivity index (χ0n) is 13.5. The average Bonchev–Trinajstić information content (AvgIpc) is 2.73. The minimum absolute atomic E-state index is 0.0353. The van der Waals surface area contributed by atoms with Gasteiger partial charge in [0.15, 0.2) is 0 Å². The maximum absolute atomic E-state index is 11.4. The first-order valence-corrected chi connectivity index (χ1v) is 7.44. The molecule has 0 amide bonds. The molecule has 0 saturated carbocycles. The molecule has 1 aromatic carbocycles. The van der Waals surface area contributed by atoms with Crippen molar-refractivity contribution in [1.29, 1.82) is 0 Å². The van der Waals surface area contributed by atoms with Crippen molar-refractivity contribution in [2.75, 3.05) is 6.54 Å². The highest BCUT2D eigenvalue weighted by Gasteiger charge is 2.26. The monoisotopic (exact) mass is 319 g/mol. The van der Waals surface area contributed by atoms with E-state index in [1.165, 1.54) is 6.07 Å². The summed E-state index contributed by atoms with van der Waals surface area (Å²) in [5.74, 6) is -1.49.